The summed E-state index contributed by atoms with van der Waals surface area (Å²) in [4.78, 5) is 45.7. The van der Waals surface area contributed by atoms with Crippen LogP contribution in [-0.4, -0.2) is 39.8 Å². The first-order valence-corrected chi connectivity index (χ1v) is 9.62. The highest BCUT2D eigenvalue weighted by Gasteiger charge is 2.22. The lowest BCUT2D eigenvalue weighted by atomic mass is 9.89. The van der Waals surface area contributed by atoms with Crippen molar-refractivity contribution in [2.75, 3.05) is 13.1 Å². The number of aromatic nitrogens is 2. The number of nitrogens with one attached hydrogen (secondary N) is 2. The fourth-order valence-corrected chi connectivity index (χ4v) is 3.55. The Morgan fingerprint density at radius 3 is 2.70 bits per heavy atom. The molecule has 1 aliphatic carbocycles. The highest BCUT2D eigenvalue weighted by molar-refractivity contribution is 5.86. The Morgan fingerprint density at radius 2 is 1.96 bits per heavy atom. The molecule has 1 saturated carbocycles. The molecule has 0 spiro atoms. The van der Waals surface area contributed by atoms with Crippen LogP contribution in [0.15, 0.2) is 29.1 Å². The van der Waals surface area contributed by atoms with Crippen molar-refractivity contribution in [1.29, 1.82) is 0 Å². The predicted octanol–water partition coefficient (Wildman–Crippen LogP) is 1.97. The van der Waals surface area contributed by atoms with Crippen LogP contribution in [0.2, 0.25) is 0 Å². The van der Waals surface area contributed by atoms with E-state index in [0.717, 1.165) is 25.7 Å². The van der Waals surface area contributed by atoms with E-state index in [-0.39, 0.29) is 36.4 Å². The Kier molecular flexibility index (Phi) is 6.21. The van der Waals surface area contributed by atoms with E-state index < -0.39 is 0 Å². The topological polar surface area (TPSA) is 95.2 Å². The minimum Gasteiger partial charge on any atom is -0.347 e. The molecule has 1 aromatic heterocycles. The number of hydrogen-bond donors (Lipinski definition) is 2. The maximum absolute atomic E-state index is 12.5. The summed E-state index contributed by atoms with van der Waals surface area (Å²) in [6.45, 7) is 2.50. The Bertz CT molecular complexity index is 871. The molecule has 1 aromatic carbocycles. The molecule has 7 heteroatoms. The van der Waals surface area contributed by atoms with Gasteiger partial charge in [0.05, 0.1) is 24.0 Å². The molecule has 0 bridgehead atoms. The first-order valence-electron chi connectivity index (χ1n) is 9.62. The molecule has 1 fully saturated rings. The lowest BCUT2D eigenvalue weighted by Crippen LogP contribution is -2.42. The largest absolute Gasteiger partial charge is 0.347 e. The summed E-state index contributed by atoms with van der Waals surface area (Å²) in [5.41, 5.74) is 0.384. The number of carbonyl (C=O) groups excluding carboxylic acids is 2. The molecule has 1 heterocycles. The number of fused-ring (bicyclic) bond motifs is 1. The van der Waals surface area contributed by atoms with E-state index in [9.17, 15) is 14.4 Å². The van der Waals surface area contributed by atoms with Crippen LogP contribution in [0.4, 0.5) is 0 Å². The monoisotopic (exact) mass is 370 g/mol. The zero-order chi connectivity index (χ0) is 19.2. The van der Waals surface area contributed by atoms with Gasteiger partial charge in [0.2, 0.25) is 11.8 Å². The molecule has 144 valence electrons. The molecule has 0 saturated heterocycles. The van der Waals surface area contributed by atoms with E-state index in [4.69, 9.17) is 0 Å². The third-order valence-corrected chi connectivity index (χ3v) is 5.13. The van der Waals surface area contributed by atoms with Gasteiger partial charge in [-0.05, 0) is 31.9 Å². The number of H-pyrrole nitrogens is 1. The predicted molar refractivity (Wildman–Crippen MR) is 103 cm³/mol. The van der Waals surface area contributed by atoms with E-state index in [1.807, 2.05) is 13.0 Å². The van der Waals surface area contributed by atoms with E-state index in [2.05, 4.69) is 15.3 Å². The van der Waals surface area contributed by atoms with Crippen LogP contribution in [0.25, 0.3) is 10.9 Å². The Balaban J connectivity index is 1.61. The van der Waals surface area contributed by atoms with Crippen molar-refractivity contribution in [3.8, 4) is 0 Å². The van der Waals surface area contributed by atoms with Crippen molar-refractivity contribution in [3.63, 3.8) is 0 Å². The number of benzene rings is 1. The van der Waals surface area contributed by atoms with Crippen LogP contribution in [0, 0.1) is 5.92 Å². The summed E-state index contributed by atoms with van der Waals surface area (Å²) in [7, 11) is 0. The summed E-state index contributed by atoms with van der Waals surface area (Å²) < 4.78 is 0. The highest BCUT2D eigenvalue weighted by atomic mass is 16.2. The first-order chi connectivity index (χ1) is 13.1. The number of nitrogens with zero attached hydrogens (tertiary/aromatic N) is 2. The lowest BCUT2D eigenvalue weighted by Gasteiger charge is -2.23. The third kappa shape index (κ3) is 4.72. The van der Waals surface area contributed by atoms with Gasteiger partial charge in [0, 0.05) is 12.5 Å². The number of likely N-dealkylation sites (N-methyl/N-ethyl adjacent to an activating group) is 1. The van der Waals surface area contributed by atoms with Crippen molar-refractivity contribution in [3.05, 3.63) is 40.4 Å². The summed E-state index contributed by atoms with van der Waals surface area (Å²) in [6.07, 6.45) is 5.14. The molecule has 1 aliphatic rings. The normalized spacial score (nSPS) is 14.9. The molecule has 0 radical (unpaired) electrons. The summed E-state index contributed by atoms with van der Waals surface area (Å²) in [5.74, 6) is 0.251. The third-order valence-electron chi connectivity index (χ3n) is 5.13. The van der Waals surface area contributed by atoms with Crippen LogP contribution in [0.1, 0.15) is 44.9 Å². The second kappa shape index (κ2) is 8.79. The van der Waals surface area contributed by atoms with E-state index in [0.29, 0.717) is 23.3 Å². The molecule has 2 N–H and O–H groups in total. The fraction of sp³-hybridized carbons (Fsp3) is 0.500. The number of hydrogen-bond acceptors (Lipinski definition) is 4. The van der Waals surface area contributed by atoms with Gasteiger partial charge in [0.15, 0.2) is 0 Å². The number of carbonyl (C=O) groups is 2. The summed E-state index contributed by atoms with van der Waals surface area (Å²) in [6, 6.07) is 7.10. The fourth-order valence-electron chi connectivity index (χ4n) is 3.55. The van der Waals surface area contributed by atoms with Crippen LogP contribution >= 0.6 is 0 Å². The van der Waals surface area contributed by atoms with E-state index in [1.54, 1.807) is 23.1 Å². The van der Waals surface area contributed by atoms with E-state index >= 15 is 0 Å². The van der Waals surface area contributed by atoms with Gasteiger partial charge in [0.1, 0.15) is 5.82 Å². The standard InChI is InChI=1S/C20H26N4O3/c1-2-24(18(25)12-21-19(26)14-8-4-3-5-9-14)13-17-22-16-11-7-6-10-15(16)20(27)23-17/h6-7,10-11,14H,2-5,8-9,12-13H2,1H3,(H,21,26)(H,22,23,27). The van der Waals surface area contributed by atoms with Gasteiger partial charge >= 0.3 is 0 Å². The van der Waals surface area contributed by atoms with Gasteiger partial charge in [0.25, 0.3) is 5.56 Å². The molecule has 2 aromatic rings. The van der Waals surface area contributed by atoms with Crippen molar-refractivity contribution >= 4 is 22.7 Å². The Hall–Kier alpha value is -2.70. The van der Waals surface area contributed by atoms with Gasteiger partial charge < -0.3 is 15.2 Å². The molecule has 0 unspecified atom stereocenters. The summed E-state index contributed by atoms with van der Waals surface area (Å²) in [5, 5.41) is 3.29. The second-order valence-corrected chi connectivity index (χ2v) is 6.99. The van der Waals surface area contributed by atoms with E-state index in [1.165, 1.54) is 6.42 Å². The zero-order valence-electron chi connectivity index (χ0n) is 15.7. The van der Waals surface area contributed by atoms with Crippen LogP contribution in [0.3, 0.4) is 0 Å². The van der Waals surface area contributed by atoms with Crippen LogP contribution in [0.5, 0.6) is 0 Å². The molecule has 0 atom stereocenters. The van der Waals surface area contributed by atoms with Crippen molar-refractivity contribution < 1.29 is 9.59 Å². The number of amides is 2. The molecule has 7 nitrogen and oxygen atoms in total. The Labute approximate surface area is 158 Å². The molecule has 2 amide bonds. The first kappa shape index (κ1) is 19.1. The number of para-hydroxylation sites is 1. The molecule has 27 heavy (non-hydrogen) atoms. The maximum Gasteiger partial charge on any atom is 0.258 e. The zero-order valence-corrected chi connectivity index (χ0v) is 15.7. The smallest absolute Gasteiger partial charge is 0.258 e. The minimum atomic E-state index is -0.218. The molecular weight excluding hydrogens is 344 g/mol. The minimum absolute atomic E-state index is 0.0268. The van der Waals surface area contributed by atoms with Gasteiger partial charge in [-0.1, -0.05) is 31.4 Å². The van der Waals surface area contributed by atoms with Crippen molar-refractivity contribution in [2.45, 2.75) is 45.6 Å². The Morgan fingerprint density at radius 1 is 1.22 bits per heavy atom. The number of aromatic amines is 1. The highest BCUT2D eigenvalue weighted by Crippen LogP contribution is 2.23. The molecular formula is C20H26N4O3. The van der Waals surface area contributed by atoms with Gasteiger partial charge in [-0.15, -0.1) is 0 Å². The van der Waals surface area contributed by atoms with Gasteiger partial charge in [-0.2, -0.15) is 0 Å². The molecule has 3 rings (SSSR count). The van der Waals surface area contributed by atoms with Gasteiger partial charge in [-0.3, -0.25) is 14.4 Å². The summed E-state index contributed by atoms with van der Waals surface area (Å²) >= 11 is 0. The second-order valence-electron chi connectivity index (χ2n) is 6.99. The van der Waals surface area contributed by atoms with Crippen LogP contribution in [-0.2, 0) is 16.1 Å². The van der Waals surface area contributed by atoms with Crippen LogP contribution < -0.4 is 10.9 Å². The van der Waals surface area contributed by atoms with Crippen molar-refractivity contribution in [1.82, 2.24) is 20.2 Å². The average molecular weight is 370 g/mol. The average Bonchev–Trinajstić information content (AvgIpc) is 2.70. The van der Waals surface area contributed by atoms with Gasteiger partial charge in [-0.25, -0.2) is 4.98 Å². The lowest BCUT2D eigenvalue weighted by molar-refractivity contribution is -0.134. The quantitative estimate of drug-likeness (QED) is 0.813. The van der Waals surface area contributed by atoms with Crippen molar-refractivity contribution in [2.24, 2.45) is 5.92 Å². The SMILES string of the molecule is CCN(Cc1nc2ccccc2c(=O)[nH]1)C(=O)CNC(=O)C1CCCCC1. The maximum atomic E-state index is 12.5. The molecule has 0 aliphatic heterocycles. The number of rotatable bonds is 6.